The number of hydrogen-bond acceptors (Lipinski definition) is 3. The minimum absolute atomic E-state index is 0.277. The lowest BCUT2D eigenvalue weighted by molar-refractivity contribution is 0.139. The minimum atomic E-state index is -0.428. The Morgan fingerprint density at radius 1 is 1.11 bits per heavy atom. The predicted octanol–water partition coefficient (Wildman–Crippen LogP) is 2.51. The van der Waals surface area contributed by atoms with Gasteiger partial charge in [-0.25, -0.2) is 4.79 Å². The van der Waals surface area contributed by atoms with Crippen molar-refractivity contribution in [3.05, 3.63) is 66.0 Å². The van der Waals surface area contributed by atoms with Crippen LogP contribution in [0.1, 0.15) is 11.1 Å². The number of aromatic nitrogens is 1. The van der Waals surface area contributed by atoms with Gasteiger partial charge in [-0.2, -0.15) is 0 Å². The molecule has 2 rings (SSSR count). The molecule has 1 heterocycles. The van der Waals surface area contributed by atoms with E-state index in [0.717, 1.165) is 11.1 Å². The van der Waals surface area contributed by atoms with Crippen molar-refractivity contribution in [3.63, 3.8) is 0 Å². The molecule has 1 amide bonds. The van der Waals surface area contributed by atoms with E-state index in [-0.39, 0.29) is 6.61 Å². The molecular weight excluding hydrogens is 228 g/mol. The lowest BCUT2D eigenvalue weighted by Gasteiger charge is -2.06. The summed E-state index contributed by atoms with van der Waals surface area (Å²) >= 11 is 0. The predicted molar refractivity (Wildman–Crippen MR) is 67.7 cm³/mol. The molecule has 4 nitrogen and oxygen atoms in total. The fourth-order valence-corrected chi connectivity index (χ4v) is 1.45. The van der Waals surface area contributed by atoms with Crippen LogP contribution in [-0.2, 0) is 17.9 Å². The van der Waals surface area contributed by atoms with Crippen LogP contribution in [0.2, 0.25) is 0 Å². The zero-order valence-electron chi connectivity index (χ0n) is 9.87. The number of ether oxygens (including phenoxy) is 1. The van der Waals surface area contributed by atoms with Crippen LogP contribution in [-0.4, -0.2) is 11.1 Å². The average Bonchev–Trinajstić information content (AvgIpc) is 2.45. The molecular formula is C14H14N2O2. The van der Waals surface area contributed by atoms with Gasteiger partial charge < -0.3 is 10.1 Å². The SMILES string of the molecule is O=C(NCc1cccnc1)OCc1ccccc1. The molecule has 0 radical (unpaired) electrons. The van der Waals surface area contributed by atoms with Crippen molar-refractivity contribution in [2.24, 2.45) is 0 Å². The van der Waals surface area contributed by atoms with E-state index in [1.54, 1.807) is 12.4 Å². The van der Waals surface area contributed by atoms with Crippen molar-refractivity contribution in [2.75, 3.05) is 0 Å². The van der Waals surface area contributed by atoms with Gasteiger partial charge in [0.25, 0.3) is 0 Å². The summed E-state index contributed by atoms with van der Waals surface area (Å²) in [5.41, 5.74) is 1.91. The lowest BCUT2D eigenvalue weighted by atomic mass is 10.2. The number of hydrogen-bond donors (Lipinski definition) is 1. The topological polar surface area (TPSA) is 51.2 Å². The molecule has 0 aliphatic carbocycles. The van der Waals surface area contributed by atoms with E-state index in [1.807, 2.05) is 42.5 Å². The van der Waals surface area contributed by atoms with Crippen LogP contribution in [0.3, 0.4) is 0 Å². The molecule has 0 atom stereocenters. The van der Waals surface area contributed by atoms with Crippen molar-refractivity contribution < 1.29 is 9.53 Å². The molecule has 0 saturated heterocycles. The van der Waals surface area contributed by atoms with Crippen LogP contribution in [0.15, 0.2) is 54.9 Å². The Hall–Kier alpha value is -2.36. The first-order chi connectivity index (χ1) is 8.84. The maximum absolute atomic E-state index is 11.4. The van der Waals surface area contributed by atoms with Gasteiger partial charge in [0.2, 0.25) is 0 Å². The van der Waals surface area contributed by atoms with E-state index in [4.69, 9.17) is 4.74 Å². The highest BCUT2D eigenvalue weighted by molar-refractivity contribution is 5.67. The summed E-state index contributed by atoms with van der Waals surface area (Å²) in [6.45, 7) is 0.696. The first-order valence-electron chi connectivity index (χ1n) is 5.68. The Morgan fingerprint density at radius 2 is 1.89 bits per heavy atom. The number of alkyl carbamates (subject to hydrolysis) is 1. The van der Waals surface area contributed by atoms with Gasteiger partial charge in [-0.15, -0.1) is 0 Å². The van der Waals surface area contributed by atoms with Crippen molar-refractivity contribution in [1.82, 2.24) is 10.3 Å². The zero-order valence-corrected chi connectivity index (χ0v) is 9.87. The van der Waals surface area contributed by atoms with Gasteiger partial charge in [0.05, 0.1) is 0 Å². The third kappa shape index (κ3) is 3.90. The monoisotopic (exact) mass is 242 g/mol. The van der Waals surface area contributed by atoms with Crippen LogP contribution in [0.4, 0.5) is 4.79 Å². The molecule has 0 aliphatic rings. The van der Waals surface area contributed by atoms with Crippen LogP contribution in [0.5, 0.6) is 0 Å². The van der Waals surface area contributed by atoms with Crippen molar-refractivity contribution in [1.29, 1.82) is 0 Å². The van der Waals surface area contributed by atoms with E-state index in [9.17, 15) is 4.79 Å². The molecule has 1 aromatic heterocycles. The first kappa shape index (κ1) is 12.1. The summed E-state index contributed by atoms with van der Waals surface area (Å²) in [5.74, 6) is 0. The number of nitrogens with one attached hydrogen (secondary N) is 1. The van der Waals surface area contributed by atoms with Gasteiger partial charge in [-0.05, 0) is 17.2 Å². The average molecular weight is 242 g/mol. The molecule has 2 aromatic rings. The summed E-state index contributed by atoms with van der Waals surface area (Å²) in [6.07, 6.45) is 2.97. The number of carbonyl (C=O) groups excluding carboxylic acids is 1. The maximum Gasteiger partial charge on any atom is 0.407 e. The molecule has 0 unspecified atom stereocenters. The number of rotatable bonds is 4. The quantitative estimate of drug-likeness (QED) is 0.896. The van der Waals surface area contributed by atoms with E-state index in [2.05, 4.69) is 10.3 Å². The molecule has 0 saturated carbocycles. The standard InChI is InChI=1S/C14H14N2O2/c17-14(16-10-13-7-4-8-15-9-13)18-11-12-5-2-1-3-6-12/h1-9H,10-11H2,(H,16,17). The zero-order chi connectivity index (χ0) is 12.6. The fraction of sp³-hybridized carbons (Fsp3) is 0.143. The fourth-order valence-electron chi connectivity index (χ4n) is 1.45. The summed E-state index contributed by atoms with van der Waals surface area (Å²) in [6, 6.07) is 13.3. The maximum atomic E-state index is 11.4. The molecule has 18 heavy (non-hydrogen) atoms. The lowest BCUT2D eigenvalue weighted by Crippen LogP contribution is -2.23. The number of nitrogens with zero attached hydrogens (tertiary/aromatic N) is 1. The third-order valence-electron chi connectivity index (χ3n) is 2.37. The highest BCUT2D eigenvalue weighted by Gasteiger charge is 2.02. The Bertz CT molecular complexity index is 440. The van der Waals surface area contributed by atoms with Crippen molar-refractivity contribution >= 4 is 6.09 Å². The van der Waals surface area contributed by atoms with E-state index >= 15 is 0 Å². The van der Waals surface area contributed by atoms with Crippen molar-refractivity contribution in [2.45, 2.75) is 13.2 Å². The number of benzene rings is 1. The van der Waals surface area contributed by atoms with Gasteiger partial charge in [0.15, 0.2) is 0 Å². The highest BCUT2D eigenvalue weighted by Crippen LogP contribution is 2.01. The summed E-state index contributed by atoms with van der Waals surface area (Å²) in [5, 5.41) is 2.67. The Balaban J connectivity index is 1.73. The molecule has 0 aliphatic heterocycles. The van der Waals surface area contributed by atoms with E-state index in [0.29, 0.717) is 6.54 Å². The van der Waals surface area contributed by atoms with E-state index in [1.165, 1.54) is 0 Å². The first-order valence-corrected chi connectivity index (χ1v) is 5.68. The smallest absolute Gasteiger partial charge is 0.407 e. The summed E-state index contributed by atoms with van der Waals surface area (Å²) in [7, 11) is 0. The van der Waals surface area contributed by atoms with Gasteiger partial charge in [-0.3, -0.25) is 4.98 Å². The molecule has 0 fully saturated rings. The molecule has 1 aromatic carbocycles. The van der Waals surface area contributed by atoms with Crippen LogP contribution >= 0.6 is 0 Å². The second-order valence-corrected chi connectivity index (χ2v) is 3.78. The molecule has 0 bridgehead atoms. The Labute approximate surface area is 106 Å². The number of carbonyl (C=O) groups is 1. The summed E-state index contributed by atoms with van der Waals surface area (Å²) < 4.78 is 5.08. The van der Waals surface area contributed by atoms with Gasteiger partial charge in [0.1, 0.15) is 6.61 Å². The summed E-state index contributed by atoms with van der Waals surface area (Å²) in [4.78, 5) is 15.4. The molecule has 92 valence electrons. The second kappa shape index (κ2) is 6.39. The van der Waals surface area contributed by atoms with E-state index < -0.39 is 6.09 Å². The van der Waals surface area contributed by atoms with Crippen LogP contribution in [0, 0.1) is 0 Å². The molecule has 1 N–H and O–H groups in total. The molecule has 4 heteroatoms. The van der Waals surface area contributed by atoms with Gasteiger partial charge >= 0.3 is 6.09 Å². The number of pyridine rings is 1. The second-order valence-electron chi connectivity index (χ2n) is 3.78. The van der Waals surface area contributed by atoms with Crippen LogP contribution < -0.4 is 5.32 Å². The normalized spacial score (nSPS) is 9.78. The minimum Gasteiger partial charge on any atom is -0.445 e. The third-order valence-corrected chi connectivity index (χ3v) is 2.37. The van der Waals surface area contributed by atoms with Gasteiger partial charge in [-0.1, -0.05) is 36.4 Å². The highest BCUT2D eigenvalue weighted by atomic mass is 16.5. The van der Waals surface area contributed by atoms with Crippen molar-refractivity contribution in [3.8, 4) is 0 Å². The van der Waals surface area contributed by atoms with Crippen LogP contribution in [0.25, 0.3) is 0 Å². The Morgan fingerprint density at radius 3 is 2.61 bits per heavy atom. The molecule has 0 spiro atoms. The number of amides is 1. The largest absolute Gasteiger partial charge is 0.445 e. The van der Waals surface area contributed by atoms with Gasteiger partial charge in [0, 0.05) is 18.9 Å². The Kier molecular flexibility index (Phi) is 4.30.